The van der Waals surface area contributed by atoms with Gasteiger partial charge in [0.15, 0.2) is 0 Å². The third kappa shape index (κ3) is 4.78. The van der Waals surface area contributed by atoms with Gasteiger partial charge in [0, 0.05) is 6.04 Å². The second kappa shape index (κ2) is 8.88. The van der Waals surface area contributed by atoms with Crippen molar-refractivity contribution in [1.82, 2.24) is 15.5 Å². The number of carbonyl (C=O) groups excluding carboxylic acids is 3. The lowest BCUT2D eigenvalue weighted by Crippen LogP contribution is -2.45. The van der Waals surface area contributed by atoms with E-state index in [0.717, 1.165) is 30.6 Å². The SMILES string of the molecule is CCCCC[C@H](C)NC(=O)CN1C(=O)N[C@@](C)(c2ccc(OC)cc2)C1=O. The van der Waals surface area contributed by atoms with Gasteiger partial charge in [-0.3, -0.25) is 14.5 Å². The Bertz CT molecular complexity index is 689. The van der Waals surface area contributed by atoms with E-state index in [1.54, 1.807) is 38.3 Å². The summed E-state index contributed by atoms with van der Waals surface area (Å²) < 4.78 is 5.12. The van der Waals surface area contributed by atoms with Gasteiger partial charge in [-0.2, -0.15) is 0 Å². The fourth-order valence-corrected chi connectivity index (χ4v) is 3.20. The molecule has 1 aromatic rings. The number of nitrogens with one attached hydrogen (secondary N) is 2. The first-order chi connectivity index (χ1) is 12.8. The third-order valence-electron chi connectivity index (χ3n) is 4.89. The Morgan fingerprint density at radius 3 is 2.52 bits per heavy atom. The lowest BCUT2D eigenvalue weighted by atomic mass is 9.92. The molecule has 7 nitrogen and oxygen atoms in total. The van der Waals surface area contributed by atoms with Crippen molar-refractivity contribution in [2.24, 2.45) is 0 Å². The van der Waals surface area contributed by atoms with Crippen molar-refractivity contribution < 1.29 is 19.1 Å². The minimum absolute atomic E-state index is 0.0118. The largest absolute Gasteiger partial charge is 0.497 e. The maximum Gasteiger partial charge on any atom is 0.325 e. The summed E-state index contributed by atoms with van der Waals surface area (Å²) in [6.07, 6.45) is 4.15. The molecule has 0 radical (unpaired) electrons. The van der Waals surface area contributed by atoms with E-state index in [1.807, 2.05) is 6.92 Å². The summed E-state index contributed by atoms with van der Waals surface area (Å²) >= 11 is 0. The molecule has 1 fully saturated rings. The Kier molecular flexibility index (Phi) is 6.82. The number of amides is 4. The maximum atomic E-state index is 12.9. The van der Waals surface area contributed by atoms with Gasteiger partial charge in [-0.1, -0.05) is 38.3 Å². The zero-order chi connectivity index (χ0) is 20.0. The number of imide groups is 1. The van der Waals surface area contributed by atoms with Crippen molar-refractivity contribution in [3.8, 4) is 5.75 Å². The van der Waals surface area contributed by atoms with Gasteiger partial charge < -0.3 is 15.4 Å². The van der Waals surface area contributed by atoms with Crippen LogP contribution < -0.4 is 15.4 Å². The molecule has 0 spiro atoms. The molecule has 4 amide bonds. The molecule has 0 aliphatic carbocycles. The highest BCUT2D eigenvalue weighted by molar-refractivity contribution is 6.09. The smallest absolute Gasteiger partial charge is 0.325 e. The molecule has 27 heavy (non-hydrogen) atoms. The molecule has 1 aliphatic rings. The Morgan fingerprint density at radius 2 is 1.93 bits per heavy atom. The average Bonchev–Trinajstić information content (AvgIpc) is 2.86. The van der Waals surface area contributed by atoms with Gasteiger partial charge in [0.2, 0.25) is 5.91 Å². The van der Waals surface area contributed by atoms with Crippen LogP contribution >= 0.6 is 0 Å². The molecule has 2 rings (SSSR count). The van der Waals surface area contributed by atoms with E-state index in [0.29, 0.717) is 11.3 Å². The van der Waals surface area contributed by atoms with Gasteiger partial charge in [0.1, 0.15) is 17.8 Å². The number of nitrogens with zero attached hydrogens (tertiary/aromatic N) is 1. The van der Waals surface area contributed by atoms with E-state index in [1.165, 1.54) is 0 Å². The first-order valence-corrected chi connectivity index (χ1v) is 9.39. The summed E-state index contributed by atoms with van der Waals surface area (Å²) in [7, 11) is 1.56. The molecule has 1 heterocycles. The fourth-order valence-electron chi connectivity index (χ4n) is 3.20. The Balaban J connectivity index is 2.01. The van der Waals surface area contributed by atoms with Crippen LogP contribution in [0, 0.1) is 0 Å². The van der Waals surface area contributed by atoms with Crippen molar-refractivity contribution in [3.05, 3.63) is 29.8 Å². The highest BCUT2D eigenvalue weighted by Gasteiger charge is 2.49. The van der Waals surface area contributed by atoms with Crippen LogP contribution in [0.5, 0.6) is 5.75 Å². The number of ether oxygens (including phenoxy) is 1. The molecule has 2 atom stereocenters. The Morgan fingerprint density at radius 1 is 1.26 bits per heavy atom. The van der Waals surface area contributed by atoms with Gasteiger partial charge in [0.25, 0.3) is 5.91 Å². The summed E-state index contributed by atoms with van der Waals surface area (Å²) in [5.41, 5.74) is -0.561. The molecule has 2 N–H and O–H groups in total. The zero-order valence-electron chi connectivity index (χ0n) is 16.5. The standard InChI is InChI=1S/C20H29N3O4/c1-5-6-7-8-14(2)21-17(24)13-23-18(25)20(3,22-19(23)26)15-9-11-16(27-4)12-10-15/h9-12,14H,5-8,13H2,1-4H3,(H,21,24)(H,22,26)/t14-,20-/m0/s1. The molecule has 0 aromatic heterocycles. The van der Waals surface area contributed by atoms with Crippen LogP contribution in [0.2, 0.25) is 0 Å². The van der Waals surface area contributed by atoms with Gasteiger partial charge in [-0.25, -0.2) is 4.79 Å². The van der Waals surface area contributed by atoms with E-state index in [-0.39, 0.29) is 18.5 Å². The van der Waals surface area contributed by atoms with Crippen LogP contribution in [-0.4, -0.2) is 42.4 Å². The first-order valence-electron chi connectivity index (χ1n) is 9.39. The van der Waals surface area contributed by atoms with Crippen LogP contribution in [0.25, 0.3) is 0 Å². The van der Waals surface area contributed by atoms with Crippen molar-refractivity contribution in [2.75, 3.05) is 13.7 Å². The van der Waals surface area contributed by atoms with Gasteiger partial charge in [0.05, 0.1) is 7.11 Å². The Labute approximate surface area is 160 Å². The summed E-state index contributed by atoms with van der Waals surface area (Å²) in [6.45, 7) is 5.41. The van der Waals surface area contributed by atoms with Crippen LogP contribution in [0.1, 0.15) is 52.0 Å². The first kappa shape index (κ1) is 20.7. The number of hydrogen-bond donors (Lipinski definition) is 2. The number of benzene rings is 1. The predicted octanol–water partition coefficient (Wildman–Crippen LogP) is 2.55. The summed E-state index contributed by atoms with van der Waals surface area (Å²) in [6, 6.07) is 6.37. The normalized spacial score (nSPS) is 20.4. The monoisotopic (exact) mass is 375 g/mol. The molecule has 0 saturated carbocycles. The number of rotatable bonds is 9. The van der Waals surface area contributed by atoms with Crippen molar-refractivity contribution in [2.45, 2.75) is 58.0 Å². The Hall–Kier alpha value is -2.57. The highest BCUT2D eigenvalue weighted by Crippen LogP contribution is 2.29. The van der Waals surface area contributed by atoms with E-state index in [2.05, 4.69) is 17.6 Å². The zero-order valence-corrected chi connectivity index (χ0v) is 16.5. The quantitative estimate of drug-likeness (QED) is 0.513. The second-order valence-corrected chi connectivity index (χ2v) is 7.14. The molecular formula is C20H29N3O4. The molecule has 1 aliphatic heterocycles. The third-order valence-corrected chi connectivity index (χ3v) is 4.89. The van der Waals surface area contributed by atoms with Crippen molar-refractivity contribution in [3.63, 3.8) is 0 Å². The van der Waals surface area contributed by atoms with Gasteiger partial charge >= 0.3 is 6.03 Å². The van der Waals surface area contributed by atoms with Crippen molar-refractivity contribution in [1.29, 1.82) is 0 Å². The van der Waals surface area contributed by atoms with E-state index in [9.17, 15) is 14.4 Å². The van der Waals surface area contributed by atoms with Crippen molar-refractivity contribution >= 4 is 17.8 Å². The number of unbranched alkanes of at least 4 members (excludes halogenated alkanes) is 2. The lowest BCUT2D eigenvalue weighted by Gasteiger charge is -2.22. The topological polar surface area (TPSA) is 87.7 Å². The molecule has 0 unspecified atom stereocenters. The van der Waals surface area contributed by atoms with Crippen LogP contribution in [0.3, 0.4) is 0 Å². The molecule has 0 bridgehead atoms. The van der Waals surface area contributed by atoms with Crippen LogP contribution in [-0.2, 0) is 15.1 Å². The minimum Gasteiger partial charge on any atom is -0.497 e. The van der Waals surface area contributed by atoms with E-state index >= 15 is 0 Å². The minimum atomic E-state index is -1.20. The highest BCUT2D eigenvalue weighted by atomic mass is 16.5. The predicted molar refractivity (Wildman–Crippen MR) is 102 cm³/mol. The summed E-state index contributed by atoms with van der Waals surface area (Å²) in [5, 5.41) is 5.56. The maximum absolute atomic E-state index is 12.9. The number of urea groups is 1. The van der Waals surface area contributed by atoms with Crippen LogP contribution in [0.15, 0.2) is 24.3 Å². The molecule has 1 aromatic carbocycles. The summed E-state index contributed by atoms with van der Waals surface area (Å²) in [5.74, 6) is -0.111. The molecule has 1 saturated heterocycles. The molecule has 7 heteroatoms. The molecule has 148 valence electrons. The lowest BCUT2D eigenvalue weighted by molar-refractivity contribution is -0.135. The second-order valence-electron chi connectivity index (χ2n) is 7.14. The average molecular weight is 375 g/mol. The van der Waals surface area contributed by atoms with Gasteiger partial charge in [-0.15, -0.1) is 0 Å². The number of hydrogen-bond acceptors (Lipinski definition) is 4. The molecular weight excluding hydrogens is 346 g/mol. The number of carbonyl (C=O) groups is 3. The summed E-state index contributed by atoms with van der Waals surface area (Å²) in [4.78, 5) is 38.4. The van der Waals surface area contributed by atoms with E-state index < -0.39 is 17.5 Å². The van der Waals surface area contributed by atoms with Gasteiger partial charge in [-0.05, 0) is 38.0 Å². The fraction of sp³-hybridized carbons (Fsp3) is 0.550. The van der Waals surface area contributed by atoms with Crippen LogP contribution in [0.4, 0.5) is 4.79 Å². The van der Waals surface area contributed by atoms with E-state index in [4.69, 9.17) is 4.74 Å². The number of methoxy groups -OCH3 is 1.